The molecule has 0 saturated heterocycles. The predicted molar refractivity (Wildman–Crippen MR) is 103 cm³/mol. The molecule has 1 aromatic rings. The second kappa shape index (κ2) is 6.58. The van der Waals surface area contributed by atoms with E-state index in [1.165, 1.54) is 43.2 Å². The van der Waals surface area contributed by atoms with Gasteiger partial charge in [-0.3, -0.25) is 4.79 Å². The fourth-order valence-electron chi connectivity index (χ4n) is 6.60. The lowest BCUT2D eigenvalue weighted by atomic mass is 9.49. The molecule has 0 unspecified atom stereocenters. The average Bonchev–Trinajstić information content (AvgIpc) is 2.61. The standard InChI is InChI=1S/C23H32O3/c1-14-12-17(25-4)13-16-8-9-18-19(22(14)16)10-11-23(3)20(18)6-5-7-21(23)26-15(2)24/h12-13,18-21H,5-11H2,1-4H3/t18-,19-,20-,21-,23-/m0/s1. The summed E-state index contributed by atoms with van der Waals surface area (Å²) in [7, 11) is 1.76. The van der Waals surface area contributed by atoms with Crippen LogP contribution < -0.4 is 4.74 Å². The van der Waals surface area contributed by atoms with Crippen molar-refractivity contribution in [3.8, 4) is 5.75 Å². The Hall–Kier alpha value is -1.51. The minimum Gasteiger partial charge on any atom is -0.497 e. The highest BCUT2D eigenvalue weighted by molar-refractivity contribution is 5.66. The van der Waals surface area contributed by atoms with Gasteiger partial charge in [-0.15, -0.1) is 0 Å². The number of aryl methyl sites for hydroxylation is 2. The average molecular weight is 357 g/mol. The number of hydrogen-bond acceptors (Lipinski definition) is 3. The SMILES string of the molecule is COc1cc(C)c2c(c1)CC[C@H]1[C@@H]2CC[C@]2(C)[C@@H](OC(C)=O)CCC[C@@H]12. The zero-order chi connectivity index (χ0) is 18.5. The molecule has 0 amide bonds. The summed E-state index contributed by atoms with van der Waals surface area (Å²) in [5.74, 6) is 2.95. The minimum atomic E-state index is -0.115. The van der Waals surface area contributed by atoms with Gasteiger partial charge < -0.3 is 9.47 Å². The fourth-order valence-corrected chi connectivity index (χ4v) is 6.60. The smallest absolute Gasteiger partial charge is 0.302 e. The highest BCUT2D eigenvalue weighted by Gasteiger charge is 2.54. The van der Waals surface area contributed by atoms with Crippen LogP contribution in [0.5, 0.6) is 5.75 Å². The summed E-state index contributed by atoms with van der Waals surface area (Å²) in [6, 6.07) is 4.46. The Bertz CT molecular complexity index is 710. The van der Waals surface area contributed by atoms with E-state index in [4.69, 9.17) is 9.47 Å². The third kappa shape index (κ3) is 2.75. The molecular formula is C23H32O3. The molecule has 0 spiro atoms. The number of ether oxygens (including phenoxy) is 2. The van der Waals surface area contributed by atoms with Gasteiger partial charge in [0.15, 0.2) is 0 Å². The maximum absolute atomic E-state index is 11.6. The Morgan fingerprint density at radius 1 is 1.19 bits per heavy atom. The molecule has 1 aromatic carbocycles. The topological polar surface area (TPSA) is 35.5 Å². The quantitative estimate of drug-likeness (QED) is 0.685. The molecule has 142 valence electrons. The molecule has 0 aromatic heterocycles. The number of hydrogen-bond donors (Lipinski definition) is 0. The molecule has 3 nitrogen and oxygen atoms in total. The molecule has 0 heterocycles. The number of benzene rings is 1. The molecule has 3 heteroatoms. The van der Waals surface area contributed by atoms with Crippen molar-refractivity contribution >= 4 is 5.97 Å². The lowest BCUT2D eigenvalue weighted by Gasteiger charge is -2.56. The molecule has 26 heavy (non-hydrogen) atoms. The summed E-state index contributed by atoms with van der Waals surface area (Å²) >= 11 is 0. The second-order valence-corrected chi connectivity index (χ2v) is 9.01. The molecule has 2 saturated carbocycles. The first kappa shape index (κ1) is 17.9. The van der Waals surface area contributed by atoms with Crippen molar-refractivity contribution in [1.29, 1.82) is 0 Å². The summed E-state index contributed by atoms with van der Waals surface area (Å²) in [6.07, 6.45) is 8.43. The molecule has 0 N–H and O–H groups in total. The second-order valence-electron chi connectivity index (χ2n) is 9.01. The molecule has 5 atom stereocenters. The van der Waals surface area contributed by atoms with Crippen LogP contribution in [0.1, 0.15) is 75.0 Å². The van der Waals surface area contributed by atoms with Crippen LogP contribution >= 0.6 is 0 Å². The van der Waals surface area contributed by atoms with Crippen molar-refractivity contribution in [2.75, 3.05) is 7.11 Å². The van der Waals surface area contributed by atoms with Gasteiger partial charge in [-0.25, -0.2) is 0 Å². The van der Waals surface area contributed by atoms with Crippen LogP contribution in [0.25, 0.3) is 0 Å². The lowest BCUT2D eigenvalue weighted by molar-refractivity contribution is -0.168. The van der Waals surface area contributed by atoms with E-state index in [1.54, 1.807) is 19.6 Å². The maximum Gasteiger partial charge on any atom is 0.302 e. The highest BCUT2D eigenvalue weighted by Crippen LogP contribution is 2.60. The molecule has 0 bridgehead atoms. The Morgan fingerprint density at radius 2 is 2.00 bits per heavy atom. The van der Waals surface area contributed by atoms with Crippen LogP contribution in [-0.2, 0) is 16.0 Å². The molecule has 0 aliphatic heterocycles. The van der Waals surface area contributed by atoms with Gasteiger partial charge in [0.2, 0.25) is 0 Å². The molecule has 0 radical (unpaired) electrons. The zero-order valence-electron chi connectivity index (χ0n) is 16.6. The summed E-state index contributed by atoms with van der Waals surface area (Å²) < 4.78 is 11.3. The third-order valence-corrected chi connectivity index (χ3v) is 7.70. The van der Waals surface area contributed by atoms with Gasteiger partial charge in [-0.2, -0.15) is 0 Å². The van der Waals surface area contributed by atoms with Crippen molar-refractivity contribution in [2.24, 2.45) is 17.3 Å². The fraction of sp³-hybridized carbons (Fsp3) is 0.696. The molecular weight excluding hydrogens is 324 g/mol. The van der Waals surface area contributed by atoms with Crippen LogP contribution in [0, 0.1) is 24.2 Å². The number of carbonyl (C=O) groups excluding carboxylic acids is 1. The summed E-state index contributed by atoms with van der Waals surface area (Å²) in [5.41, 5.74) is 4.64. The monoisotopic (exact) mass is 356 g/mol. The van der Waals surface area contributed by atoms with E-state index < -0.39 is 0 Å². The van der Waals surface area contributed by atoms with E-state index in [9.17, 15) is 4.79 Å². The zero-order valence-corrected chi connectivity index (χ0v) is 16.6. The number of carbonyl (C=O) groups is 1. The third-order valence-electron chi connectivity index (χ3n) is 7.70. The largest absolute Gasteiger partial charge is 0.497 e. The summed E-state index contributed by atoms with van der Waals surface area (Å²) in [6.45, 7) is 6.21. The van der Waals surface area contributed by atoms with E-state index in [0.29, 0.717) is 11.8 Å². The van der Waals surface area contributed by atoms with Gasteiger partial charge in [0.1, 0.15) is 11.9 Å². The number of methoxy groups -OCH3 is 1. The summed E-state index contributed by atoms with van der Waals surface area (Å²) in [4.78, 5) is 11.6. The summed E-state index contributed by atoms with van der Waals surface area (Å²) in [5, 5.41) is 0. The van der Waals surface area contributed by atoms with Crippen LogP contribution in [-0.4, -0.2) is 19.2 Å². The lowest BCUT2D eigenvalue weighted by Crippen LogP contribution is -2.52. The molecule has 2 fully saturated rings. The van der Waals surface area contributed by atoms with E-state index in [1.807, 2.05) is 0 Å². The normalized spacial score (nSPS) is 35.7. The molecule has 3 aliphatic carbocycles. The van der Waals surface area contributed by atoms with E-state index in [0.717, 1.165) is 24.5 Å². The Labute approximate surface area is 157 Å². The predicted octanol–water partition coefficient (Wildman–Crippen LogP) is 5.18. The first-order valence-corrected chi connectivity index (χ1v) is 10.3. The van der Waals surface area contributed by atoms with Crippen LogP contribution in [0.2, 0.25) is 0 Å². The first-order valence-electron chi connectivity index (χ1n) is 10.3. The Balaban J connectivity index is 1.67. The van der Waals surface area contributed by atoms with Crippen molar-refractivity contribution in [2.45, 2.75) is 77.7 Å². The molecule has 4 rings (SSSR count). The van der Waals surface area contributed by atoms with Crippen molar-refractivity contribution < 1.29 is 14.3 Å². The van der Waals surface area contributed by atoms with Gasteiger partial charge >= 0.3 is 5.97 Å². The highest BCUT2D eigenvalue weighted by atomic mass is 16.5. The Morgan fingerprint density at radius 3 is 2.73 bits per heavy atom. The van der Waals surface area contributed by atoms with Crippen LogP contribution in [0.3, 0.4) is 0 Å². The van der Waals surface area contributed by atoms with Crippen LogP contribution in [0.4, 0.5) is 0 Å². The van der Waals surface area contributed by atoms with Gasteiger partial charge in [0, 0.05) is 12.3 Å². The maximum atomic E-state index is 11.6. The first-order chi connectivity index (χ1) is 12.4. The van der Waals surface area contributed by atoms with Gasteiger partial charge in [-0.1, -0.05) is 6.92 Å². The van der Waals surface area contributed by atoms with Crippen molar-refractivity contribution in [3.63, 3.8) is 0 Å². The van der Waals surface area contributed by atoms with Crippen molar-refractivity contribution in [3.05, 3.63) is 28.8 Å². The van der Waals surface area contributed by atoms with Gasteiger partial charge in [0.25, 0.3) is 0 Å². The van der Waals surface area contributed by atoms with Gasteiger partial charge in [-0.05, 0) is 98.4 Å². The van der Waals surface area contributed by atoms with E-state index in [-0.39, 0.29) is 17.5 Å². The molecule has 3 aliphatic rings. The minimum absolute atomic E-state index is 0.109. The Kier molecular flexibility index (Phi) is 4.53. The number of rotatable bonds is 2. The van der Waals surface area contributed by atoms with Gasteiger partial charge in [0.05, 0.1) is 7.11 Å². The number of fused-ring (bicyclic) bond motifs is 5. The number of esters is 1. The van der Waals surface area contributed by atoms with E-state index >= 15 is 0 Å². The van der Waals surface area contributed by atoms with Crippen molar-refractivity contribution in [1.82, 2.24) is 0 Å². The van der Waals surface area contributed by atoms with E-state index in [2.05, 4.69) is 26.0 Å². The van der Waals surface area contributed by atoms with Crippen LogP contribution in [0.15, 0.2) is 12.1 Å².